The number of benzene rings is 3. The third-order valence-corrected chi connectivity index (χ3v) is 6.74. The van der Waals surface area contributed by atoms with Crippen LogP contribution in [0.15, 0.2) is 78.9 Å². The molecule has 38 heavy (non-hydrogen) atoms. The van der Waals surface area contributed by atoms with E-state index in [4.69, 9.17) is 21.1 Å². The summed E-state index contributed by atoms with van der Waals surface area (Å²) in [5.41, 5.74) is 0.885. The van der Waals surface area contributed by atoms with E-state index in [0.29, 0.717) is 49.1 Å². The molecule has 202 valence electrons. The zero-order valence-corrected chi connectivity index (χ0v) is 21.8. The fraction of sp³-hybridized carbons (Fsp3) is 0.345. The fourth-order valence-electron chi connectivity index (χ4n) is 4.31. The molecule has 5 nitrogen and oxygen atoms in total. The molecule has 2 atom stereocenters. The zero-order chi connectivity index (χ0) is 27.1. The Morgan fingerprint density at radius 3 is 2.16 bits per heavy atom. The number of amides is 1. The summed E-state index contributed by atoms with van der Waals surface area (Å²) in [6.07, 6.45) is -5.28. The van der Waals surface area contributed by atoms with Gasteiger partial charge in [0.1, 0.15) is 5.75 Å². The zero-order valence-electron chi connectivity index (χ0n) is 21.0. The topological polar surface area (TPSA) is 42.0 Å². The van der Waals surface area contributed by atoms with Crippen LogP contribution in [0.5, 0.6) is 5.75 Å². The fourth-order valence-corrected chi connectivity index (χ4v) is 4.44. The Kier molecular flexibility index (Phi) is 9.31. The van der Waals surface area contributed by atoms with Crippen molar-refractivity contribution in [1.29, 1.82) is 0 Å². The van der Waals surface area contributed by atoms with Crippen molar-refractivity contribution in [3.63, 3.8) is 0 Å². The molecule has 1 heterocycles. The monoisotopic (exact) mass is 546 g/mol. The molecule has 0 saturated carbocycles. The highest BCUT2D eigenvalue weighted by molar-refractivity contribution is 6.30. The van der Waals surface area contributed by atoms with Gasteiger partial charge in [-0.05, 0) is 54.4 Å². The number of carbonyl (C=O) groups excluding carboxylic acids is 1. The Balaban J connectivity index is 1.34. The lowest BCUT2D eigenvalue weighted by atomic mass is 10.1. The third kappa shape index (κ3) is 7.72. The van der Waals surface area contributed by atoms with Crippen LogP contribution in [0.1, 0.15) is 29.7 Å². The van der Waals surface area contributed by atoms with Crippen molar-refractivity contribution in [1.82, 2.24) is 9.80 Å². The molecule has 0 aromatic heterocycles. The third-order valence-electron chi connectivity index (χ3n) is 6.49. The first kappa shape index (κ1) is 28.0. The maximum Gasteiger partial charge on any atom is 0.416 e. The molecule has 1 aliphatic heterocycles. The number of piperazine rings is 1. The van der Waals surface area contributed by atoms with E-state index in [-0.39, 0.29) is 18.6 Å². The van der Waals surface area contributed by atoms with Gasteiger partial charge in [-0.1, -0.05) is 54.1 Å². The molecule has 0 radical (unpaired) electrons. The smallest absolute Gasteiger partial charge is 0.416 e. The number of hydrogen-bond donors (Lipinski definition) is 0. The lowest BCUT2D eigenvalue weighted by Crippen LogP contribution is -2.52. The maximum absolute atomic E-state index is 12.9. The summed E-state index contributed by atoms with van der Waals surface area (Å²) in [4.78, 5) is 16.9. The number of para-hydroxylation sites is 1. The molecular formula is C29H30ClF3N2O3. The SMILES string of the molecule is C[C@@H](Oc1ccccc1)C(=O)N1CCN(C[C@H](OCc2ccc(C(F)(F)F)cc2)c2ccc(Cl)cc2)CC1. The van der Waals surface area contributed by atoms with Crippen LogP contribution >= 0.6 is 11.6 Å². The second-order valence-electron chi connectivity index (χ2n) is 9.24. The van der Waals surface area contributed by atoms with E-state index >= 15 is 0 Å². The Bertz CT molecular complexity index is 1170. The quantitative estimate of drug-likeness (QED) is 0.319. The summed E-state index contributed by atoms with van der Waals surface area (Å²) in [7, 11) is 0. The summed E-state index contributed by atoms with van der Waals surface area (Å²) in [5, 5.41) is 0.606. The Hall–Kier alpha value is -3.07. The van der Waals surface area contributed by atoms with Crippen LogP contribution in [0.25, 0.3) is 0 Å². The van der Waals surface area contributed by atoms with E-state index in [1.54, 1.807) is 19.1 Å². The summed E-state index contributed by atoms with van der Waals surface area (Å²) in [5.74, 6) is 0.601. The van der Waals surface area contributed by atoms with Crippen molar-refractivity contribution in [2.45, 2.75) is 31.9 Å². The molecule has 0 unspecified atom stereocenters. The van der Waals surface area contributed by atoms with Crippen molar-refractivity contribution in [3.05, 3.63) is 101 Å². The minimum atomic E-state index is -4.37. The average Bonchev–Trinajstić information content (AvgIpc) is 2.92. The minimum Gasteiger partial charge on any atom is -0.481 e. The first-order valence-electron chi connectivity index (χ1n) is 12.4. The Morgan fingerprint density at radius 1 is 0.921 bits per heavy atom. The highest BCUT2D eigenvalue weighted by atomic mass is 35.5. The Morgan fingerprint density at radius 2 is 1.55 bits per heavy atom. The van der Waals surface area contributed by atoms with Crippen LogP contribution in [0.4, 0.5) is 13.2 Å². The number of rotatable bonds is 9. The van der Waals surface area contributed by atoms with Crippen LogP contribution < -0.4 is 4.74 Å². The highest BCUT2D eigenvalue weighted by Gasteiger charge is 2.30. The largest absolute Gasteiger partial charge is 0.481 e. The van der Waals surface area contributed by atoms with Gasteiger partial charge in [0.2, 0.25) is 0 Å². The van der Waals surface area contributed by atoms with Crippen LogP contribution in [0.2, 0.25) is 5.02 Å². The second-order valence-corrected chi connectivity index (χ2v) is 9.68. The Labute approximate surface area is 225 Å². The molecule has 0 spiro atoms. The number of alkyl halides is 3. The normalized spacial score (nSPS) is 16.2. The molecule has 0 aliphatic carbocycles. The van der Waals surface area contributed by atoms with Gasteiger partial charge in [0.15, 0.2) is 6.10 Å². The van der Waals surface area contributed by atoms with Gasteiger partial charge in [-0.3, -0.25) is 9.69 Å². The summed E-state index contributed by atoms with van der Waals surface area (Å²) >= 11 is 6.06. The first-order valence-corrected chi connectivity index (χ1v) is 12.8. The molecular weight excluding hydrogens is 517 g/mol. The number of hydrogen-bond acceptors (Lipinski definition) is 4. The van der Waals surface area contributed by atoms with Crippen LogP contribution in [0.3, 0.4) is 0 Å². The minimum absolute atomic E-state index is 0.0543. The van der Waals surface area contributed by atoms with Crippen molar-refractivity contribution < 1.29 is 27.4 Å². The molecule has 4 rings (SSSR count). The van der Waals surface area contributed by atoms with E-state index < -0.39 is 17.8 Å². The number of halogens is 4. The molecule has 1 saturated heterocycles. The summed E-state index contributed by atoms with van der Waals surface area (Å²) in [6, 6.07) is 21.6. The van der Waals surface area contributed by atoms with Crippen LogP contribution in [-0.4, -0.2) is 54.5 Å². The van der Waals surface area contributed by atoms with Crippen molar-refractivity contribution in [2.24, 2.45) is 0 Å². The predicted molar refractivity (Wildman–Crippen MR) is 140 cm³/mol. The average molecular weight is 547 g/mol. The second kappa shape index (κ2) is 12.7. The number of nitrogens with zero attached hydrogens (tertiary/aromatic N) is 2. The molecule has 9 heteroatoms. The van der Waals surface area contributed by atoms with E-state index in [2.05, 4.69) is 4.90 Å². The van der Waals surface area contributed by atoms with Gasteiger partial charge in [-0.25, -0.2) is 0 Å². The van der Waals surface area contributed by atoms with Crippen molar-refractivity contribution in [2.75, 3.05) is 32.7 Å². The lowest BCUT2D eigenvalue weighted by Gasteiger charge is -2.37. The lowest BCUT2D eigenvalue weighted by molar-refractivity contribution is -0.140. The van der Waals surface area contributed by atoms with Gasteiger partial charge in [-0.15, -0.1) is 0 Å². The molecule has 3 aromatic carbocycles. The van der Waals surface area contributed by atoms with Crippen LogP contribution in [-0.2, 0) is 22.3 Å². The van der Waals surface area contributed by atoms with Gasteiger partial charge in [0, 0.05) is 37.7 Å². The molecule has 1 amide bonds. The van der Waals surface area contributed by atoms with Crippen molar-refractivity contribution in [3.8, 4) is 5.75 Å². The van der Waals surface area contributed by atoms with Gasteiger partial charge < -0.3 is 14.4 Å². The molecule has 3 aromatic rings. The van der Waals surface area contributed by atoms with E-state index in [1.807, 2.05) is 47.4 Å². The van der Waals surface area contributed by atoms with Crippen molar-refractivity contribution >= 4 is 17.5 Å². The van der Waals surface area contributed by atoms with E-state index in [1.165, 1.54) is 12.1 Å². The van der Waals surface area contributed by atoms with Gasteiger partial charge in [-0.2, -0.15) is 13.2 Å². The molecule has 0 bridgehead atoms. The predicted octanol–water partition coefficient (Wildman–Crippen LogP) is 6.23. The standard InChI is InChI=1S/C29H30ClF3N2O3/c1-21(38-26-5-3-2-4-6-26)28(36)35-17-15-34(16-18-35)19-27(23-9-13-25(30)14-10-23)37-20-22-7-11-24(12-8-22)29(31,32)33/h2-14,21,27H,15-20H2,1H3/t21-,27+/m1/s1. The highest BCUT2D eigenvalue weighted by Crippen LogP contribution is 2.30. The van der Waals surface area contributed by atoms with Gasteiger partial charge in [0.25, 0.3) is 5.91 Å². The number of ether oxygens (including phenoxy) is 2. The molecule has 1 fully saturated rings. The van der Waals surface area contributed by atoms with E-state index in [9.17, 15) is 18.0 Å². The molecule has 0 N–H and O–H groups in total. The maximum atomic E-state index is 12.9. The number of carbonyl (C=O) groups is 1. The summed E-state index contributed by atoms with van der Waals surface area (Å²) in [6.45, 7) is 4.95. The molecule has 1 aliphatic rings. The van der Waals surface area contributed by atoms with Crippen LogP contribution in [0, 0.1) is 0 Å². The summed E-state index contributed by atoms with van der Waals surface area (Å²) < 4.78 is 50.7. The first-order chi connectivity index (χ1) is 18.2. The van der Waals surface area contributed by atoms with E-state index in [0.717, 1.165) is 17.7 Å². The van der Waals surface area contributed by atoms with Gasteiger partial charge in [0.05, 0.1) is 18.3 Å². The van der Waals surface area contributed by atoms with Gasteiger partial charge >= 0.3 is 6.18 Å².